The van der Waals surface area contributed by atoms with E-state index in [0.29, 0.717) is 12.1 Å². The zero-order valence-corrected chi connectivity index (χ0v) is 9.90. The molecule has 0 saturated heterocycles. The second kappa shape index (κ2) is 4.33. The van der Waals surface area contributed by atoms with E-state index in [1.165, 1.54) is 6.07 Å². The van der Waals surface area contributed by atoms with Crippen LogP contribution >= 0.6 is 15.9 Å². The van der Waals surface area contributed by atoms with E-state index in [0.717, 1.165) is 22.2 Å². The lowest BCUT2D eigenvalue weighted by Crippen LogP contribution is -2.10. The minimum absolute atomic E-state index is 0.325. The summed E-state index contributed by atoms with van der Waals surface area (Å²) in [4.78, 5) is 0. The summed E-state index contributed by atoms with van der Waals surface area (Å²) < 4.78 is 19.6. The molecule has 1 N–H and O–H groups in total. The fourth-order valence-electron chi connectivity index (χ4n) is 1.46. The third-order valence-electron chi connectivity index (χ3n) is 2.14. The van der Waals surface area contributed by atoms with Crippen molar-refractivity contribution in [2.24, 2.45) is 0 Å². The van der Waals surface area contributed by atoms with Crippen LogP contribution in [0.2, 0.25) is 0 Å². The van der Waals surface area contributed by atoms with Gasteiger partial charge in [0.15, 0.2) is 11.4 Å². The summed E-state index contributed by atoms with van der Waals surface area (Å²) in [5.41, 5.74) is 0.325. The van der Waals surface area contributed by atoms with Crippen LogP contribution in [0.4, 0.5) is 4.39 Å². The minimum atomic E-state index is -0.331. The number of halogens is 2. The lowest BCUT2D eigenvalue weighted by Gasteiger charge is -1.95. The average molecular weight is 272 g/mol. The monoisotopic (exact) mass is 271 g/mol. The first-order valence-corrected chi connectivity index (χ1v) is 5.58. The van der Waals surface area contributed by atoms with Crippen molar-refractivity contribution in [3.63, 3.8) is 0 Å². The normalized spacial score (nSPS) is 11.1. The molecule has 1 aromatic carbocycles. The number of rotatable bonds is 3. The summed E-state index contributed by atoms with van der Waals surface area (Å²) in [5, 5.41) is 3.92. The van der Waals surface area contributed by atoms with Crippen molar-refractivity contribution in [2.45, 2.75) is 13.5 Å². The zero-order chi connectivity index (χ0) is 10.8. The Morgan fingerprint density at radius 2 is 2.20 bits per heavy atom. The molecule has 0 atom stereocenters. The second-order valence-corrected chi connectivity index (χ2v) is 4.21. The molecular formula is C11H11BrFNO. The minimum Gasteiger partial charge on any atom is -0.457 e. The van der Waals surface area contributed by atoms with Gasteiger partial charge in [-0.25, -0.2) is 4.39 Å². The molecule has 0 unspecified atom stereocenters. The van der Waals surface area contributed by atoms with Crippen molar-refractivity contribution in [2.75, 3.05) is 6.54 Å². The maximum Gasteiger partial charge on any atom is 0.170 e. The summed E-state index contributed by atoms with van der Waals surface area (Å²) in [6, 6.07) is 5.10. The van der Waals surface area contributed by atoms with Gasteiger partial charge in [0.2, 0.25) is 0 Å². The van der Waals surface area contributed by atoms with Gasteiger partial charge in [-0.1, -0.05) is 22.9 Å². The number of benzene rings is 1. The zero-order valence-electron chi connectivity index (χ0n) is 8.31. The molecule has 2 aromatic rings. The largest absolute Gasteiger partial charge is 0.457 e. The summed E-state index contributed by atoms with van der Waals surface area (Å²) in [5.74, 6) is 0.422. The number of fused-ring (bicyclic) bond motifs is 1. The highest BCUT2D eigenvalue weighted by molar-refractivity contribution is 9.10. The Morgan fingerprint density at radius 3 is 2.93 bits per heavy atom. The highest BCUT2D eigenvalue weighted by Crippen LogP contribution is 2.26. The Labute approximate surface area is 95.6 Å². The van der Waals surface area contributed by atoms with E-state index in [9.17, 15) is 4.39 Å². The van der Waals surface area contributed by atoms with Gasteiger partial charge in [-0.15, -0.1) is 0 Å². The molecule has 0 aliphatic heterocycles. The van der Waals surface area contributed by atoms with Gasteiger partial charge in [-0.3, -0.25) is 0 Å². The van der Waals surface area contributed by atoms with E-state index in [1.54, 1.807) is 0 Å². The second-order valence-electron chi connectivity index (χ2n) is 3.30. The molecule has 15 heavy (non-hydrogen) atoms. The highest BCUT2D eigenvalue weighted by atomic mass is 79.9. The molecule has 0 saturated carbocycles. The summed E-state index contributed by atoms with van der Waals surface area (Å²) >= 11 is 3.25. The van der Waals surface area contributed by atoms with Gasteiger partial charge in [0, 0.05) is 9.86 Å². The first-order chi connectivity index (χ1) is 7.20. The first kappa shape index (κ1) is 10.6. The summed E-state index contributed by atoms with van der Waals surface area (Å²) in [6.07, 6.45) is 0. The van der Waals surface area contributed by atoms with Crippen molar-refractivity contribution in [3.05, 3.63) is 34.2 Å². The van der Waals surface area contributed by atoms with Crippen molar-refractivity contribution < 1.29 is 8.81 Å². The van der Waals surface area contributed by atoms with Gasteiger partial charge < -0.3 is 9.73 Å². The van der Waals surface area contributed by atoms with Crippen LogP contribution in [-0.4, -0.2) is 6.54 Å². The molecule has 1 heterocycles. The molecule has 0 bridgehead atoms. The van der Waals surface area contributed by atoms with Crippen molar-refractivity contribution >= 4 is 26.9 Å². The van der Waals surface area contributed by atoms with Gasteiger partial charge >= 0.3 is 0 Å². The molecule has 80 valence electrons. The molecule has 0 amide bonds. The smallest absolute Gasteiger partial charge is 0.170 e. The lowest BCUT2D eigenvalue weighted by molar-refractivity contribution is 0.499. The van der Waals surface area contributed by atoms with E-state index in [-0.39, 0.29) is 5.82 Å². The standard InChI is InChI=1S/C11H11BrFNO/c1-2-14-6-9-4-7-3-8(12)5-10(13)11(7)15-9/h3-5,14H,2,6H2,1H3. The van der Waals surface area contributed by atoms with Crippen LogP contribution in [0.1, 0.15) is 12.7 Å². The number of hydrogen-bond acceptors (Lipinski definition) is 2. The van der Waals surface area contributed by atoms with Crippen LogP contribution < -0.4 is 5.32 Å². The van der Waals surface area contributed by atoms with Crippen LogP contribution in [0.3, 0.4) is 0 Å². The molecule has 0 aliphatic carbocycles. The van der Waals surface area contributed by atoms with Crippen LogP contribution in [0, 0.1) is 5.82 Å². The van der Waals surface area contributed by atoms with E-state index in [1.807, 2.05) is 19.1 Å². The van der Waals surface area contributed by atoms with Crippen molar-refractivity contribution in [3.8, 4) is 0 Å². The van der Waals surface area contributed by atoms with Crippen LogP contribution in [-0.2, 0) is 6.54 Å². The number of nitrogens with one attached hydrogen (secondary N) is 1. The Morgan fingerprint density at radius 1 is 1.40 bits per heavy atom. The molecule has 0 spiro atoms. The topological polar surface area (TPSA) is 25.2 Å². The van der Waals surface area contributed by atoms with Crippen LogP contribution in [0.5, 0.6) is 0 Å². The van der Waals surface area contributed by atoms with Gasteiger partial charge in [-0.2, -0.15) is 0 Å². The number of hydrogen-bond donors (Lipinski definition) is 1. The quantitative estimate of drug-likeness (QED) is 0.925. The fourth-order valence-corrected chi connectivity index (χ4v) is 1.91. The molecule has 0 radical (unpaired) electrons. The van der Waals surface area contributed by atoms with Gasteiger partial charge in [-0.05, 0) is 24.7 Å². The average Bonchev–Trinajstić information content (AvgIpc) is 2.57. The van der Waals surface area contributed by atoms with E-state index in [4.69, 9.17) is 4.42 Å². The van der Waals surface area contributed by atoms with Gasteiger partial charge in [0.05, 0.1) is 6.54 Å². The molecule has 0 fully saturated rings. The molecule has 2 nitrogen and oxygen atoms in total. The molecular weight excluding hydrogens is 261 g/mol. The Balaban J connectivity index is 2.41. The predicted octanol–water partition coefficient (Wildman–Crippen LogP) is 3.44. The van der Waals surface area contributed by atoms with Crippen LogP contribution in [0.15, 0.2) is 27.1 Å². The van der Waals surface area contributed by atoms with Crippen LogP contribution in [0.25, 0.3) is 11.0 Å². The fraction of sp³-hybridized carbons (Fsp3) is 0.273. The van der Waals surface area contributed by atoms with Crippen molar-refractivity contribution in [1.82, 2.24) is 5.32 Å². The van der Waals surface area contributed by atoms with Gasteiger partial charge in [0.25, 0.3) is 0 Å². The Kier molecular flexibility index (Phi) is 3.07. The summed E-state index contributed by atoms with van der Waals surface area (Å²) in [6.45, 7) is 3.51. The molecule has 0 aliphatic rings. The lowest BCUT2D eigenvalue weighted by atomic mass is 10.2. The third-order valence-corrected chi connectivity index (χ3v) is 2.59. The Bertz CT molecular complexity index is 481. The molecule has 4 heteroatoms. The van der Waals surface area contributed by atoms with E-state index < -0.39 is 0 Å². The summed E-state index contributed by atoms with van der Waals surface area (Å²) in [7, 11) is 0. The first-order valence-electron chi connectivity index (χ1n) is 4.79. The predicted molar refractivity (Wildman–Crippen MR) is 61.3 cm³/mol. The van der Waals surface area contributed by atoms with E-state index >= 15 is 0 Å². The Hall–Kier alpha value is -0.870. The third kappa shape index (κ3) is 2.21. The molecule has 1 aromatic heterocycles. The maximum absolute atomic E-state index is 13.4. The number of furan rings is 1. The molecule has 2 rings (SSSR count). The van der Waals surface area contributed by atoms with Crippen molar-refractivity contribution in [1.29, 1.82) is 0 Å². The SMILES string of the molecule is CCNCc1cc2cc(Br)cc(F)c2o1. The van der Waals surface area contributed by atoms with E-state index in [2.05, 4.69) is 21.2 Å². The highest BCUT2D eigenvalue weighted by Gasteiger charge is 2.09. The maximum atomic E-state index is 13.4. The van der Waals surface area contributed by atoms with Gasteiger partial charge in [0.1, 0.15) is 5.76 Å².